The zero-order valence-electron chi connectivity index (χ0n) is 13.7. The van der Waals surface area contributed by atoms with E-state index in [9.17, 15) is 19.3 Å². The number of ether oxygens (including phenoxy) is 1. The van der Waals surface area contributed by atoms with E-state index in [1.54, 1.807) is 13.8 Å². The highest BCUT2D eigenvalue weighted by Gasteiger charge is 2.41. The molecule has 1 aliphatic rings. The van der Waals surface area contributed by atoms with Crippen LogP contribution < -0.4 is 11.2 Å². The van der Waals surface area contributed by atoms with Crippen LogP contribution in [0, 0.1) is 5.92 Å². The largest absolute Gasteiger partial charge is 0.394 e. The minimum Gasteiger partial charge on any atom is -0.394 e. The summed E-state index contributed by atoms with van der Waals surface area (Å²) in [7, 11) is -3.29. The highest BCUT2D eigenvalue weighted by Crippen LogP contribution is 2.52. The molecular formula is C14H23N2O7P. The van der Waals surface area contributed by atoms with Gasteiger partial charge in [0, 0.05) is 18.2 Å². The molecule has 0 saturated carbocycles. The maximum absolute atomic E-state index is 12.7. The van der Waals surface area contributed by atoms with Crippen LogP contribution in [-0.2, 0) is 18.3 Å². The predicted octanol–water partition coefficient (Wildman–Crippen LogP) is 0.699. The minimum absolute atomic E-state index is 0.0918. The van der Waals surface area contributed by atoms with Gasteiger partial charge in [-0.3, -0.25) is 18.9 Å². The highest BCUT2D eigenvalue weighted by molar-refractivity contribution is 7.53. The van der Waals surface area contributed by atoms with E-state index in [2.05, 4.69) is 4.98 Å². The molecule has 9 nitrogen and oxygen atoms in total. The summed E-state index contributed by atoms with van der Waals surface area (Å²) >= 11 is 0. The summed E-state index contributed by atoms with van der Waals surface area (Å²) in [4.78, 5) is 25.2. The Bertz CT molecular complexity index is 691. The van der Waals surface area contributed by atoms with Gasteiger partial charge in [0.05, 0.1) is 32.1 Å². The summed E-state index contributed by atoms with van der Waals surface area (Å²) < 4.78 is 30.2. The van der Waals surface area contributed by atoms with Gasteiger partial charge in [-0.2, -0.15) is 0 Å². The predicted molar refractivity (Wildman–Crippen MR) is 86.2 cm³/mol. The van der Waals surface area contributed by atoms with Crippen molar-refractivity contribution in [2.45, 2.75) is 32.6 Å². The lowest BCUT2D eigenvalue weighted by molar-refractivity contribution is -0.0314. The Morgan fingerprint density at radius 2 is 2.04 bits per heavy atom. The summed E-state index contributed by atoms with van der Waals surface area (Å²) in [5.41, 5.74) is -1.09. The SMILES string of the molecule is CCOP(=O)(C[C@H]1C[C@H](n2ccc(=O)[nH]c2=O)O[C@@H]1CO)OCC. The number of rotatable bonds is 8. The van der Waals surface area contributed by atoms with E-state index in [1.165, 1.54) is 16.8 Å². The first kappa shape index (κ1) is 19.1. The molecule has 10 heteroatoms. The number of hydrogen-bond donors (Lipinski definition) is 2. The van der Waals surface area contributed by atoms with Gasteiger partial charge in [0.15, 0.2) is 0 Å². The van der Waals surface area contributed by atoms with E-state index in [0.717, 1.165) is 0 Å². The van der Waals surface area contributed by atoms with Gasteiger partial charge < -0.3 is 18.9 Å². The Labute approximate surface area is 139 Å². The van der Waals surface area contributed by atoms with Crippen LogP contribution in [-0.4, -0.2) is 46.7 Å². The van der Waals surface area contributed by atoms with Crippen molar-refractivity contribution >= 4 is 7.60 Å². The van der Waals surface area contributed by atoms with Crippen molar-refractivity contribution in [3.63, 3.8) is 0 Å². The molecule has 1 aromatic rings. The van der Waals surface area contributed by atoms with Crippen molar-refractivity contribution in [2.75, 3.05) is 26.0 Å². The Morgan fingerprint density at radius 1 is 1.38 bits per heavy atom. The van der Waals surface area contributed by atoms with E-state index in [4.69, 9.17) is 13.8 Å². The average molecular weight is 362 g/mol. The van der Waals surface area contributed by atoms with Crippen LogP contribution in [0.15, 0.2) is 21.9 Å². The van der Waals surface area contributed by atoms with Crippen LogP contribution in [0.3, 0.4) is 0 Å². The van der Waals surface area contributed by atoms with Crippen molar-refractivity contribution in [1.82, 2.24) is 9.55 Å². The third-order valence-corrected chi connectivity index (χ3v) is 6.03. The molecule has 3 atom stereocenters. The quantitative estimate of drug-likeness (QED) is 0.653. The second-order valence-corrected chi connectivity index (χ2v) is 7.56. The maximum atomic E-state index is 12.7. The number of nitrogens with one attached hydrogen (secondary N) is 1. The molecule has 1 aliphatic heterocycles. The molecule has 2 N–H and O–H groups in total. The van der Waals surface area contributed by atoms with Gasteiger partial charge in [-0.1, -0.05) is 0 Å². The van der Waals surface area contributed by atoms with Gasteiger partial charge in [-0.15, -0.1) is 0 Å². The smallest absolute Gasteiger partial charge is 0.331 e. The number of aromatic amines is 1. The van der Waals surface area contributed by atoms with Crippen LogP contribution >= 0.6 is 7.60 Å². The molecule has 0 unspecified atom stereocenters. The monoisotopic (exact) mass is 362 g/mol. The van der Waals surface area contributed by atoms with E-state index < -0.39 is 31.2 Å². The maximum Gasteiger partial charge on any atom is 0.331 e. The summed E-state index contributed by atoms with van der Waals surface area (Å²) in [5, 5.41) is 9.53. The zero-order valence-corrected chi connectivity index (χ0v) is 14.6. The summed E-state index contributed by atoms with van der Waals surface area (Å²) in [5.74, 6) is -0.303. The van der Waals surface area contributed by atoms with Gasteiger partial charge in [-0.05, 0) is 20.3 Å². The number of hydrogen-bond acceptors (Lipinski definition) is 7. The number of H-pyrrole nitrogens is 1. The first-order valence-electron chi connectivity index (χ1n) is 7.88. The third-order valence-electron chi connectivity index (χ3n) is 3.81. The molecule has 0 radical (unpaired) electrons. The number of aromatic nitrogens is 2. The van der Waals surface area contributed by atoms with Crippen LogP contribution in [0.4, 0.5) is 0 Å². The molecule has 24 heavy (non-hydrogen) atoms. The van der Waals surface area contributed by atoms with Crippen molar-refractivity contribution in [2.24, 2.45) is 5.92 Å². The number of aliphatic hydroxyl groups is 1. The lowest BCUT2D eigenvalue weighted by Gasteiger charge is -2.22. The number of nitrogens with zero attached hydrogens (tertiary/aromatic N) is 1. The molecule has 136 valence electrons. The lowest BCUT2D eigenvalue weighted by atomic mass is 10.0. The Balaban J connectivity index is 2.18. The molecule has 2 heterocycles. The Morgan fingerprint density at radius 3 is 2.58 bits per heavy atom. The number of aliphatic hydroxyl groups excluding tert-OH is 1. The first-order chi connectivity index (χ1) is 11.4. The topological polar surface area (TPSA) is 120 Å². The Hall–Kier alpha value is -1.25. The van der Waals surface area contributed by atoms with Crippen LogP contribution in [0.5, 0.6) is 0 Å². The first-order valence-corrected chi connectivity index (χ1v) is 9.61. The summed E-state index contributed by atoms with van der Waals surface area (Å²) in [6, 6.07) is 1.22. The fourth-order valence-electron chi connectivity index (χ4n) is 2.82. The fraction of sp³-hybridized carbons (Fsp3) is 0.714. The normalized spacial score (nSPS) is 24.4. The van der Waals surface area contributed by atoms with Crippen LogP contribution in [0.1, 0.15) is 26.5 Å². The summed E-state index contributed by atoms with van der Waals surface area (Å²) in [6.07, 6.45) is 0.527. The molecule has 0 bridgehead atoms. The van der Waals surface area contributed by atoms with Crippen molar-refractivity contribution < 1.29 is 23.5 Å². The van der Waals surface area contributed by atoms with Gasteiger partial charge >= 0.3 is 13.3 Å². The molecule has 0 spiro atoms. The van der Waals surface area contributed by atoms with Gasteiger partial charge in [0.25, 0.3) is 5.56 Å². The minimum atomic E-state index is -3.29. The lowest BCUT2D eigenvalue weighted by Crippen LogP contribution is -2.31. The van der Waals surface area contributed by atoms with Crippen LogP contribution in [0.2, 0.25) is 0 Å². The second kappa shape index (κ2) is 8.22. The molecule has 1 fully saturated rings. The van der Waals surface area contributed by atoms with E-state index in [0.29, 0.717) is 6.42 Å². The molecular weight excluding hydrogens is 339 g/mol. The van der Waals surface area contributed by atoms with Gasteiger partial charge in [-0.25, -0.2) is 4.79 Å². The molecule has 0 aliphatic carbocycles. The Kier molecular flexibility index (Phi) is 6.54. The highest BCUT2D eigenvalue weighted by atomic mass is 31.2. The third kappa shape index (κ3) is 4.43. The van der Waals surface area contributed by atoms with Gasteiger partial charge in [0.2, 0.25) is 0 Å². The van der Waals surface area contributed by atoms with E-state index in [1.807, 2.05) is 0 Å². The van der Waals surface area contributed by atoms with Crippen molar-refractivity contribution in [3.05, 3.63) is 33.1 Å². The molecule has 1 saturated heterocycles. The van der Waals surface area contributed by atoms with Gasteiger partial charge in [0.1, 0.15) is 6.23 Å². The molecule has 0 amide bonds. The van der Waals surface area contributed by atoms with Crippen LogP contribution in [0.25, 0.3) is 0 Å². The van der Waals surface area contributed by atoms with E-state index in [-0.39, 0.29) is 31.9 Å². The second-order valence-electron chi connectivity index (χ2n) is 5.45. The zero-order chi connectivity index (χ0) is 17.7. The average Bonchev–Trinajstić information content (AvgIpc) is 2.89. The molecule has 0 aromatic carbocycles. The van der Waals surface area contributed by atoms with Crippen molar-refractivity contribution in [1.29, 1.82) is 0 Å². The standard InChI is InChI=1S/C14H23N2O7P/c1-3-21-24(20,22-4-2)9-10-7-13(23-11(10)8-17)16-6-5-12(18)15-14(16)19/h5-6,10-11,13,17H,3-4,7-9H2,1-2H3,(H,15,18,19)/t10-,11-,13-/m1/s1. The summed E-state index contributed by atoms with van der Waals surface area (Å²) in [6.45, 7) is 3.67. The van der Waals surface area contributed by atoms with Crippen molar-refractivity contribution in [3.8, 4) is 0 Å². The fourth-order valence-corrected chi connectivity index (χ4v) is 4.85. The van der Waals surface area contributed by atoms with E-state index >= 15 is 0 Å². The molecule has 1 aromatic heterocycles. The molecule has 2 rings (SSSR count).